The number of rotatable bonds is 5. The summed E-state index contributed by atoms with van der Waals surface area (Å²) in [6.07, 6.45) is 0.575. The van der Waals surface area contributed by atoms with Crippen LogP contribution in [0.2, 0.25) is 0 Å². The molecule has 0 aliphatic carbocycles. The minimum absolute atomic E-state index is 0.160. The topological polar surface area (TPSA) is 76.4 Å². The standard InChI is InChI=1S/C12H15N3O3/c1-15-11-4-3-8(10(6-16)13-7-17)5-9(11)12(14-15)18-2/h3-5,7,10,16H,6H2,1-2H3,(H,13,17). The molecule has 0 saturated heterocycles. The number of hydrogen-bond donors (Lipinski definition) is 2. The Balaban J connectivity index is 2.51. The number of amides is 1. The fourth-order valence-electron chi connectivity index (χ4n) is 1.96. The van der Waals surface area contributed by atoms with E-state index in [9.17, 15) is 9.90 Å². The van der Waals surface area contributed by atoms with Gasteiger partial charge in [0.1, 0.15) is 0 Å². The van der Waals surface area contributed by atoms with E-state index in [0.717, 1.165) is 16.5 Å². The van der Waals surface area contributed by atoms with Gasteiger partial charge in [0.25, 0.3) is 0 Å². The van der Waals surface area contributed by atoms with Crippen molar-refractivity contribution in [2.24, 2.45) is 7.05 Å². The molecule has 2 N–H and O–H groups in total. The highest BCUT2D eigenvalue weighted by Gasteiger charge is 2.14. The van der Waals surface area contributed by atoms with Crippen LogP contribution in [-0.4, -0.2) is 35.0 Å². The number of hydrogen-bond acceptors (Lipinski definition) is 4. The first-order valence-corrected chi connectivity index (χ1v) is 5.52. The number of aromatic nitrogens is 2. The van der Waals surface area contributed by atoms with Crippen LogP contribution in [0, 0.1) is 0 Å². The highest BCUT2D eigenvalue weighted by Crippen LogP contribution is 2.27. The second kappa shape index (κ2) is 5.05. The fraction of sp³-hybridized carbons (Fsp3) is 0.333. The minimum atomic E-state index is -0.420. The Hall–Kier alpha value is -2.08. The summed E-state index contributed by atoms with van der Waals surface area (Å²) in [4.78, 5) is 10.5. The highest BCUT2D eigenvalue weighted by molar-refractivity contribution is 5.85. The van der Waals surface area contributed by atoms with E-state index in [-0.39, 0.29) is 6.61 Å². The molecule has 0 radical (unpaired) electrons. The van der Waals surface area contributed by atoms with Crippen LogP contribution in [0.3, 0.4) is 0 Å². The van der Waals surface area contributed by atoms with Crippen LogP contribution < -0.4 is 10.1 Å². The molecule has 0 spiro atoms. The van der Waals surface area contributed by atoms with Gasteiger partial charge in [-0.2, -0.15) is 0 Å². The van der Waals surface area contributed by atoms with Crippen LogP contribution >= 0.6 is 0 Å². The molecule has 0 aliphatic heterocycles. The van der Waals surface area contributed by atoms with Crippen molar-refractivity contribution in [3.05, 3.63) is 23.8 Å². The van der Waals surface area contributed by atoms with Gasteiger partial charge in [-0.15, -0.1) is 5.10 Å². The number of fused-ring (bicyclic) bond motifs is 1. The van der Waals surface area contributed by atoms with Crippen LogP contribution in [0.5, 0.6) is 5.88 Å². The number of nitrogens with zero attached hydrogens (tertiary/aromatic N) is 2. The van der Waals surface area contributed by atoms with Gasteiger partial charge < -0.3 is 15.2 Å². The van der Waals surface area contributed by atoms with Crippen molar-refractivity contribution in [1.29, 1.82) is 0 Å². The average molecular weight is 249 g/mol. The van der Waals surface area contributed by atoms with Crippen LogP contribution in [-0.2, 0) is 11.8 Å². The molecule has 1 heterocycles. The summed E-state index contributed by atoms with van der Waals surface area (Å²) in [6, 6.07) is 5.17. The Kier molecular flexibility index (Phi) is 3.47. The number of ether oxygens (including phenoxy) is 1. The van der Waals surface area contributed by atoms with Gasteiger partial charge in [-0.25, -0.2) is 0 Å². The van der Waals surface area contributed by atoms with Crippen molar-refractivity contribution in [3.63, 3.8) is 0 Å². The summed E-state index contributed by atoms with van der Waals surface area (Å²) < 4.78 is 6.91. The van der Waals surface area contributed by atoms with E-state index in [1.807, 2.05) is 25.2 Å². The van der Waals surface area contributed by atoms with Crippen LogP contribution in [0.1, 0.15) is 11.6 Å². The molecule has 6 nitrogen and oxygen atoms in total. The molecule has 0 bridgehead atoms. The first-order valence-electron chi connectivity index (χ1n) is 5.52. The number of aryl methyl sites for hydroxylation is 1. The normalized spacial score (nSPS) is 12.4. The third-order valence-corrected chi connectivity index (χ3v) is 2.89. The molecule has 0 saturated carbocycles. The smallest absolute Gasteiger partial charge is 0.240 e. The summed E-state index contributed by atoms with van der Waals surface area (Å²) in [5.74, 6) is 0.525. The third kappa shape index (κ3) is 2.02. The van der Waals surface area contributed by atoms with Crippen LogP contribution in [0.25, 0.3) is 10.9 Å². The molecule has 0 fully saturated rings. The van der Waals surface area contributed by atoms with E-state index in [1.54, 1.807) is 11.8 Å². The molecule has 2 aromatic rings. The number of carbonyl (C=O) groups is 1. The molecule has 2 rings (SSSR count). The minimum Gasteiger partial charge on any atom is -0.479 e. The van der Waals surface area contributed by atoms with Gasteiger partial charge in [-0.3, -0.25) is 9.48 Å². The summed E-state index contributed by atoms with van der Waals surface area (Å²) in [5, 5.41) is 16.9. The molecular weight excluding hydrogens is 234 g/mol. The number of methoxy groups -OCH3 is 1. The Morgan fingerprint density at radius 1 is 1.61 bits per heavy atom. The Labute approximate surface area is 104 Å². The summed E-state index contributed by atoms with van der Waals surface area (Å²) in [5.41, 5.74) is 1.74. The molecular formula is C12H15N3O3. The first-order chi connectivity index (χ1) is 8.71. The van der Waals surface area contributed by atoms with Gasteiger partial charge in [0.05, 0.1) is 30.7 Å². The Bertz CT molecular complexity index is 565. The van der Waals surface area contributed by atoms with E-state index in [2.05, 4.69) is 10.4 Å². The third-order valence-electron chi connectivity index (χ3n) is 2.89. The molecule has 0 aliphatic rings. The first kappa shape index (κ1) is 12.4. The fourth-order valence-corrected chi connectivity index (χ4v) is 1.96. The quantitative estimate of drug-likeness (QED) is 0.750. The van der Waals surface area contributed by atoms with E-state index in [4.69, 9.17) is 4.74 Å². The lowest BCUT2D eigenvalue weighted by molar-refractivity contribution is -0.110. The molecule has 1 aromatic carbocycles. The van der Waals surface area contributed by atoms with Crippen molar-refractivity contribution in [3.8, 4) is 5.88 Å². The summed E-state index contributed by atoms with van der Waals surface area (Å²) in [7, 11) is 3.39. The molecule has 96 valence electrons. The van der Waals surface area contributed by atoms with E-state index < -0.39 is 6.04 Å². The van der Waals surface area contributed by atoms with E-state index in [1.165, 1.54) is 0 Å². The number of nitrogens with one attached hydrogen (secondary N) is 1. The SMILES string of the molecule is COc1nn(C)c2ccc(C(CO)NC=O)cc12. The van der Waals surface area contributed by atoms with Gasteiger partial charge in [0.2, 0.25) is 12.3 Å². The van der Waals surface area contributed by atoms with Crippen molar-refractivity contribution in [2.75, 3.05) is 13.7 Å². The zero-order chi connectivity index (χ0) is 13.1. The molecule has 1 amide bonds. The van der Waals surface area contributed by atoms with Gasteiger partial charge in [0, 0.05) is 7.05 Å². The second-order valence-electron chi connectivity index (χ2n) is 3.93. The molecule has 1 atom stereocenters. The predicted molar refractivity (Wildman–Crippen MR) is 66.3 cm³/mol. The Morgan fingerprint density at radius 2 is 2.39 bits per heavy atom. The molecule has 1 unspecified atom stereocenters. The maximum Gasteiger partial charge on any atom is 0.240 e. The van der Waals surface area contributed by atoms with E-state index >= 15 is 0 Å². The second-order valence-corrected chi connectivity index (χ2v) is 3.93. The zero-order valence-corrected chi connectivity index (χ0v) is 10.3. The maximum atomic E-state index is 10.5. The highest BCUT2D eigenvalue weighted by atomic mass is 16.5. The number of aliphatic hydroxyl groups is 1. The number of carbonyl (C=O) groups excluding carboxylic acids is 1. The van der Waals surface area contributed by atoms with Crippen molar-refractivity contribution < 1.29 is 14.6 Å². The van der Waals surface area contributed by atoms with E-state index in [0.29, 0.717) is 12.3 Å². The van der Waals surface area contributed by atoms with Crippen LogP contribution in [0.15, 0.2) is 18.2 Å². The number of aliphatic hydroxyl groups excluding tert-OH is 1. The number of benzene rings is 1. The van der Waals surface area contributed by atoms with Crippen LogP contribution in [0.4, 0.5) is 0 Å². The lowest BCUT2D eigenvalue weighted by Crippen LogP contribution is -2.22. The average Bonchev–Trinajstić information content (AvgIpc) is 2.72. The lowest BCUT2D eigenvalue weighted by Gasteiger charge is -2.13. The molecule has 6 heteroatoms. The van der Waals surface area contributed by atoms with Gasteiger partial charge in [0.15, 0.2) is 0 Å². The largest absolute Gasteiger partial charge is 0.479 e. The Morgan fingerprint density at radius 3 is 3.00 bits per heavy atom. The maximum absolute atomic E-state index is 10.5. The van der Waals surface area contributed by atoms with Gasteiger partial charge >= 0.3 is 0 Å². The van der Waals surface area contributed by atoms with Crippen molar-refractivity contribution in [2.45, 2.75) is 6.04 Å². The monoisotopic (exact) mass is 249 g/mol. The summed E-state index contributed by atoms with van der Waals surface area (Å²) in [6.45, 7) is -0.160. The lowest BCUT2D eigenvalue weighted by atomic mass is 10.1. The van der Waals surface area contributed by atoms with Gasteiger partial charge in [-0.1, -0.05) is 6.07 Å². The van der Waals surface area contributed by atoms with Crippen molar-refractivity contribution >= 4 is 17.3 Å². The molecule has 18 heavy (non-hydrogen) atoms. The summed E-state index contributed by atoms with van der Waals surface area (Å²) >= 11 is 0. The molecule has 1 aromatic heterocycles. The van der Waals surface area contributed by atoms with Gasteiger partial charge in [-0.05, 0) is 17.7 Å². The predicted octanol–water partition coefficient (Wildman–Crippen LogP) is 0.361. The van der Waals surface area contributed by atoms with Crippen molar-refractivity contribution in [1.82, 2.24) is 15.1 Å². The zero-order valence-electron chi connectivity index (χ0n) is 10.3.